The Morgan fingerprint density at radius 2 is 2.38 bits per heavy atom. The highest BCUT2D eigenvalue weighted by Gasteiger charge is 2.38. The number of benzene rings is 1. The molecule has 1 N–H and O–H groups in total. The molecule has 1 aromatic rings. The van der Waals surface area contributed by atoms with Crippen LogP contribution in [0, 0.1) is 5.92 Å². The predicted octanol–water partition coefficient (Wildman–Crippen LogP) is 2.62. The molecule has 1 heterocycles. The molecule has 1 fully saturated rings. The predicted molar refractivity (Wildman–Crippen MR) is 75.7 cm³/mol. The van der Waals surface area contributed by atoms with Crippen molar-refractivity contribution in [3.8, 4) is 0 Å². The second-order valence-electron chi connectivity index (χ2n) is 4.83. The molecule has 0 aliphatic carbocycles. The molecular formula is C13H13ClN4O3. The summed E-state index contributed by atoms with van der Waals surface area (Å²) in [7, 11) is 0. The highest BCUT2D eigenvalue weighted by molar-refractivity contribution is 6.30. The van der Waals surface area contributed by atoms with E-state index in [2.05, 4.69) is 10.0 Å². The van der Waals surface area contributed by atoms with Crippen LogP contribution in [0.15, 0.2) is 29.4 Å². The zero-order chi connectivity index (χ0) is 15.4. The van der Waals surface area contributed by atoms with E-state index in [1.807, 2.05) is 0 Å². The molecule has 0 radical (unpaired) electrons. The topological polar surface area (TPSA) is 106 Å². The van der Waals surface area contributed by atoms with Crippen molar-refractivity contribution >= 4 is 23.5 Å². The summed E-state index contributed by atoms with van der Waals surface area (Å²) in [5.41, 5.74) is 8.77. The van der Waals surface area contributed by atoms with Gasteiger partial charge in [-0.15, -0.1) is 0 Å². The molecule has 2 rings (SSSR count). The number of rotatable bonds is 5. The van der Waals surface area contributed by atoms with Gasteiger partial charge in [0, 0.05) is 29.4 Å². The first kappa shape index (κ1) is 15.2. The first-order valence-corrected chi connectivity index (χ1v) is 6.69. The van der Waals surface area contributed by atoms with Gasteiger partial charge < -0.3 is 10.0 Å². The Balaban J connectivity index is 2.25. The number of carboxylic acids is 1. The normalized spacial score (nSPS) is 19.2. The van der Waals surface area contributed by atoms with Crippen LogP contribution in [0.5, 0.6) is 0 Å². The van der Waals surface area contributed by atoms with Gasteiger partial charge in [0.15, 0.2) is 6.04 Å². The fourth-order valence-corrected chi connectivity index (χ4v) is 2.66. The monoisotopic (exact) mass is 308 g/mol. The highest BCUT2D eigenvalue weighted by Crippen LogP contribution is 2.30. The fraction of sp³-hybridized carbons (Fsp3) is 0.385. The van der Waals surface area contributed by atoms with Gasteiger partial charge in [-0.3, -0.25) is 4.79 Å². The quantitative estimate of drug-likeness (QED) is 0.513. The number of carbonyl (C=O) groups is 2. The van der Waals surface area contributed by atoms with Crippen LogP contribution >= 0.6 is 11.6 Å². The summed E-state index contributed by atoms with van der Waals surface area (Å²) in [5, 5.41) is 13.3. The van der Waals surface area contributed by atoms with Crippen LogP contribution in [0.25, 0.3) is 10.4 Å². The number of nitrogens with zero attached hydrogens (tertiary/aromatic N) is 4. The molecule has 1 aromatic carbocycles. The third-order valence-corrected chi connectivity index (χ3v) is 3.59. The standard InChI is InChI=1S/C13H13ClN4O3/c14-10-3-1-2-9(5-10)12(13(20)21)18-7-8(4-11(18)19)6-16-17-15/h1-3,5,8,12H,4,6-7H2,(H,20,21). The van der Waals surface area contributed by atoms with Gasteiger partial charge in [-0.25, -0.2) is 4.79 Å². The lowest BCUT2D eigenvalue weighted by Crippen LogP contribution is -2.35. The van der Waals surface area contributed by atoms with E-state index >= 15 is 0 Å². The molecule has 2 atom stereocenters. The Morgan fingerprint density at radius 1 is 1.62 bits per heavy atom. The zero-order valence-corrected chi connectivity index (χ0v) is 11.8. The van der Waals surface area contributed by atoms with E-state index in [1.165, 1.54) is 11.0 Å². The molecule has 0 bridgehead atoms. The van der Waals surface area contributed by atoms with Crippen molar-refractivity contribution in [2.45, 2.75) is 12.5 Å². The maximum Gasteiger partial charge on any atom is 0.331 e. The number of likely N-dealkylation sites (tertiary alicyclic amines) is 1. The summed E-state index contributed by atoms with van der Waals surface area (Å²) in [6, 6.07) is 5.37. The van der Waals surface area contributed by atoms with Gasteiger partial charge in [0.05, 0.1) is 0 Å². The number of hydrogen-bond acceptors (Lipinski definition) is 3. The summed E-state index contributed by atoms with van der Waals surface area (Å²) in [6.45, 7) is 0.432. The number of carbonyl (C=O) groups excluding carboxylic acids is 1. The summed E-state index contributed by atoms with van der Waals surface area (Å²) in [5.74, 6) is -1.54. The van der Waals surface area contributed by atoms with E-state index in [9.17, 15) is 14.7 Å². The second-order valence-corrected chi connectivity index (χ2v) is 5.26. The number of azide groups is 1. The molecule has 0 spiro atoms. The average Bonchev–Trinajstić information content (AvgIpc) is 2.77. The Morgan fingerprint density at radius 3 is 3.00 bits per heavy atom. The minimum Gasteiger partial charge on any atom is -0.479 e. The SMILES string of the molecule is [N-]=[N+]=NCC1CC(=O)N(C(C(=O)O)c2cccc(Cl)c2)C1. The lowest BCUT2D eigenvalue weighted by Gasteiger charge is -2.25. The van der Waals surface area contributed by atoms with Crippen LogP contribution in [-0.2, 0) is 9.59 Å². The van der Waals surface area contributed by atoms with Gasteiger partial charge in [0.25, 0.3) is 0 Å². The maximum absolute atomic E-state index is 12.0. The third-order valence-electron chi connectivity index (χ3n) is 3.35. The van der Waals surface area contributed by atoms with Crippen LogP contribution in [0.3, 0.4) is 0 Å². The number of carboxylic acid groups (broad SMARTS) is 1. The summed E-state index contributed by atoms with van der Waals surface area (Å²) < 4.78 is 0. The molecule has 1 saturated heterocycles. The molecule has 7 nitrogen and oxygen atoms in total. The van der Waals surface area contributed by atoms with Crippen molar-refractivity contribution in [3.05, 3.63) is 45.3 Å². The lowest BCUT2D eigenvalue weighted by molar-refractivity contribution is -0.148. The average molecular weight is 309 g/mol. The molecule has 8 heteroatoms. The maximum atomic E-state index is 12.0. The molecule has 1 aliphatic rings. The van der Waals surface area contributed by atoms with Crippen molar-refractivity contribution in [1.82, 2.24) is 4.90 Å². The highest BCUT2D eigenvalue weighted by atomic mass is 35.5. The second kappa shape index (κ2) is 6.47. The van der Waals surface area contributed by atoms with E-state index < -0.39 is 12.0 Å². The number of halogens is 1. The van der Waals surface area contributed by atoms with E-state index in [4.69, 9.17) is 17.1 Å². The Kier molecular flexibility index (Phi) is 4.67. The minimum atomic E-state index is -1.12. The Labute approximate surface area is 125 Å². The van der Waals surface area contributed by atoms with Crippen molar-refractivity contribution < 1.29 is 14.7 Å². The van der Waals surface area contributed by atoms with E-state index in [0.717, 1.165) is 0 Å². The first-order chi connectivity index (χ1) is 10.0. The van der Waals surface area contributed by atoms with Gasteiger partial charge in [0.1, 0.15) is 0 Å². The van der Waals surface area contributed by atoms with Gasteiger partial charge in [0.2, 0.25) is 5.91 Å². The fourth-order valence-electron chi connectivity index (χ4n) is 2.46. The third kappa shape index (κ3) is 3.45. The van der Waals surface area contributed by atoms with Crippen LogP contribution in [-0.4, -0.2) is 35.0 Å². The molecule has 1 aliphatic heterocycles. The van der Waals surface area contributed by atoms with E-state index in [1.54, 1.807) is 18.2 Å². The molecular weight excluding hydrogens is 296 g/mol. The smallest absolute Gasteiger partial charge is 0.331 e. The first-order valence-electron chi connectivity index (χ1n) is 6.31. The Bertz CT molecular complexity index is 615. The van der Waals surface area contributed by atoms with Crippen molar-refractivity contribution in [2.24, 2.45) is 11.0 Å². The van der Waals surface area contributed by atoms with Crippen molar-refractivity contribution in [1.29, 1.82) is 0 Å². The molecule has 110 valence electrons. The molecule has 2 unspecified atom stereocenters. The van der Waals surface area contributed by atoms with Gasteiger partial charge >= 0.3 is 5.97 Å². The van der Waals surface area contributed by atoms with E-state index in [-0.39, 0.29) is 31.3 Å². The number of amides is 1. The summed E-state index contributed by atoms with van der Waals surface area (Å²) in [6.07, 6.45) is 0.184. The van der Waals surface area contributed by atoms with Gasteiger partial charge in [-0.1, -0.05) is 28.8 Å². The molecule has 0 aromatic heterocycles. The van der Waals surface area contributed by atoms with Crippen LogP contribution in [0.1, 0.15) is 18.0 Å². The van der Waals surface area contributed by atoms with E-state index in [0.29, 0.717) is 10.6 Å². The lowest BCUT2D eigenvalue weighted by atomic mass is 10.1. The Hall–Kier alpha value is -2.24. The van der Waals surface area contributed by atoms with Crippen molar-refractivity contribution in [3.63, 3.8) is 0 Å². The molecule has 0 saturated carbocycles. The van der Waals surface area contributed by atoms with Crippen LogP contribution < -0.4 is 0 Å². The summed E-state index contributed by atoms with van der Waals surface area (Å²) >= 11 is 5.88. The molecule has 1 amide bonds. The summed E-state index contributed by atoms with van der Waals surface area (Å²) in [4.78, 5) is 27.5. The van der Waals surface area contributed by atoms with Gasteiger partial charge in [-0.2, -0.15) is 0 Å². The van der Waals surface area contributed by atoms with Crippen LogP contribution in [0.4, 0.5) is 0 Å². The number of aliphatic carboxylic acids is 1. The van der Waals surface area contributed by atoms with Crippen molar-refractivity contribution in [2.75, 3.05) is 13.1 Å². The van der Waals surface area contributed by atoms with Gasteiger partial charge in [-0.05, 0) is 29.1 Å². The zero-order valence-electron chi connectivity index (χ0n) is 11.0. The largest absolute Gasteiger partial charge is 0.479 e. The molecule has 21 heavy (non-hydrogen) atoms. The number of hydrogen-bond donors (Lipinski definition) is 1. The van der Waals surface area contributed by atoms with Crippen LogP contribution in [0.2, 0.25) is 5.02 Å². The minimum absolute atomic E-state index is 0.158.